The van der Waals surface area contributed by atoms with Crippen LogP contribution in [0.4, 0.5) is 0 Å². The highest BCUT2D eigenvalue weighted by Crippen LogP contribution is 2.20. The Balaban J connectivity index is 3.55. The van der Waals surface area contributed by atoms with Crippen LogP contribution >= 0.6 is 23.8 Å². The number of halogens is 1. The van der Waals surface area contributed by atoms with Crippen LogP contribution in [0, 0.1) is 5.41 Å². The average molecular weight is 151 g/mol. The van der Waals surface area contributed by atoms with Gasteiger partial charge in [0.2, 0.25) is 0 Å². The monoisotopic (exact) mass is 150 g/mol. The Labute approximate surface area is 61.2 Å². The molecule has 0 unspecified atom stereocenters. The van der Waals surface area contributed by atoms with E-state index in [2.05, 4.69) is 20.8 Å². The number of hydrogen-bond donors (Lipinski definition) is 0. The Morgan fingerprint density at radius 1 is 1.50 bits per heavy atom. The van der Waals surface area contributed by atoms with Crippen LogP contribution in [-0.2, 0) is 0 Å². The summed E-state index contributed by atoms with van der Waals surface area (Å²) in [5.41, 5.74) is 0.249. The molecule has 0 N–H and O–H groups in total. The molecule has 0 nitrogen and oxygen atoms in total. The molecular formula is C6H11ClS. The molecule has 0 aromatic rings. The fourth-order valence-corrected chi connectivity index (χ4v) is 1.25. The van der Waals surface area contributed by atoms with Crippen molar-refractivity contribution >= 4 is 28.1 Å². The van der Waals surface area contributed by atoms with Crippen molar-refractivity contribution in [3.63, 3.8) is 0 Å². The molecule has 0 saturated carbocycles. The molecule has 0 aliphatic rings. The first-order valence-corrected chi connectivity index (χ1v) is 3.39. The zero-order valence-electron chi connectivity index (χ0n) is 5.49. The van der Waals surface area contributed by atoms with Crippen molar-refractivity contribution in [3.05, 3.63) is 0 Å². The molecule has 0 bridgehead atoms. The maximum atomic E-state index is 5.49. The van der Waals surface area contributed by atoms with E-state index < -0.39 is 0 Å². The molecule has 0 rings (SSSR count). The maximum Gasteiger partial charge on any atom is 0.0813 e. The Morgan fingerprint density at radius 2 is 1.88 bits per heavy atom. The van der Waals surface area contributed by atoms with Crippen molar-refractivity contribution in [2.75, 3.05) is 0 Å². The van der Waals surface area contributed by atoms with Crippen LogP contribution in [0.5, 0.6) is 0 Å². The molecule has 0 aliphatic heterocycles. The summed E-state index contributed by atoms with van der Waals surface area (Å²) in [4.78, 5) is 0. The van der Waals surface area contributed by atoms with Gasteiger partial charge in [0, 0.05) is 0 Å². The van der Waals surface area contributed by atoms with Gasteiger partial charge in [-0.05, 0) is 11.8 Å². The zero-order valence-corrected chi connectivity index (χ0v) is 7.07. The van der Waals surface area contributed by atoms with Crippen molar-refractivity contribution in [3.8, 4) is 0 Å². The summed E-state index contributed by atoms with van der Waals surface area (Å²) in [6.07, 6.45) is 0.823. The Kier molecular flexibility index (Phi) is 2.92. The summed E-state index contributed by atoms with van der Waals surface area (Å²) >= 11 is 10.2. The smallest absolute Gasteiger partial charge is 0.0765 e. The van der Waals surface area contributed by atoms with Crippen LogP contribution in [0.25, 0.3) is 0 Å². The van der Waals surface area contributed by atoms with Crippen molar-refractivity contribution in [1.29, 1.82) is 0 Å². The molecule has 0 saturated heterocycles. The zero-order chi connectivity index (χ0) is 6.78. The predicted molar refractivity (Wildman–Crippen MR) is 42.5 cm³/mol. The van der Waals surface area contributed by atoms with E-state index in [-0.39, 0.29) is 5.41 Å². The average Bonchev–Trinajstić information content (AvgIpc) is 1.21. The molecule has 0 aliphatic carbocycles. The third-order valence-electron chi connectivity index (χ3n) is 0.669. The van der Waals surface area contributed by atoms with Crippen LogP contribution in [0.15, 0.2) is 0 Å². The molecule has 0 aromatic carbocycles. The minimum Gasteiger partial charge on any atom is -0.0765 e. The second kappa shape index (κ2) is 2.79. The molecule has 48 valence electrons. The second-order valence-corrected chi connectivity index (χ2v) is 4.27. The van der Waals surface area contributed by atoms with Crippen LogP contribution in [0.1, 0.15) is 27.2 Å². The van der Waals surface area contributed by atoms with Gasteiger partial charge in [-0.15, -0.1) is 0 Å². The second-order valence-electron chi connectivity index (χ2n) is 3.09. The van der Waals surface area contributed by atoms with Gasteiger partial charge in [0.1, 0.15) is 0 Å². The molecule has 0 fully saturated rings. The Hall–Kier alpha value is 0.380. The van der Waals surface area contributed by atoms with E-state index in [0.717, 1.165) is 6.42 Å². The van der Waals surface area contributed by atoms with E-state index in [1.54, 1.807) is 0 Å². The minimum atomic E-state index is 0.249. The Morgan fingerprint density at radius 3 is 1.88 bits per heavy atom. The third kappa shape index (κ3) is 6.38. The summed E-state index contributed by atoms with van der Waals surface area (Å²) in [6.45, 7) is 6.34. The fraction of sp³-hybridized carbons (Fsp3) is 0.833. The summed E-state index contributed by atoms with van der Waals surface area (Å²) in [6, 6.07) is 0. The van der Waals surface area contributed by atoms with Crippen LogP contribution in [0.3, 0.4) is 0 Å². The Bertz CT molecular complexity index is 91.2. The summed E-state index contributed by atoms with van der Waals surface area (Å²) in [7, 11) is 0. The molecule has 0 amide bonds. The van der Waals surface area contributed by atoms with E-state index in [1.807, 2.05) is 0 Å². The number of rotatable bonds is 1. The first kappa shape index (κ1) is 8.38. The predicted octanol–water partition coefficient (Wildman–Crippen LogP) is 2.99. The van der Waals surface area contributed by atoms with Crippen molar-refractivity contribution in [2.45, 2.75) is 27.2 Å². The highest BCUT2D eigenvalue weighted by Gasteiger charge is 2.10. The van der Waals surface area contributed by atoms with Crippen LogP contribution < -0.4 is 0 Å². The lowest BCUT2D eigenvalue weighted by Crippen LogP contribution is -2.07. The number of hydrogen-bond acceptors (Lipinski definition) is 1. The van der Waals surface area contributed by atoms with Gasteiger partial charge in [-0.25, -0.2) is 0 Å². The number of thiocarbonyl (C=S) groups is 1. The van der Waals surface area contributed by atoms with E-state index in [4.69, 9.17) is 23.8 Å². The lowest BCUT2D eigenvalue weighted by Gasteiger charge is -2.14. The topological polar surface area (TPSA) is 0 Å². The van der Waals surface area contributed by atoms with Gasteiger partial charge in [-0.2, -0.15) is 0 Å². The first-order chi connectivity index (χ1) is 3.42. The standard InChI is InChI=1S/C6H11ClS/c1-6(2,3)4-5(7)8/h4H2,1-3H3. The first-order valence-electron chi connectivity index (χ1n) is 2.60. The molecule has 0 heterocycles. The minimum absolute atomic E-state index is 0.249. The molecule has 8 heavy (non-hydrogen) atoms. The summed E-state index contributed by atoms with van der Waals surface area (Å²) < 4.78 is 0.581. The largest absolute Gasteiger partial charge is 0.0813 e. The fourth-order valence-electron chi connectivity index (χ4n) is 0.417. The third-order valence-corrected chi connectivity index (χ3v) is 0.947. The molecule has 0 aromatic heterocycles. The van der Waals surface area contributed by atoms with Crippen molar-refractivity contribution in [2.24, 2.45) is 5.41 Å². The van der Waals surface area contributed by atoms with Gasteiger partial charge in [0.05, 0.1) is 4.32 Å². The van der Waals surface area contributed by atoms with Gasteiger partial charge in [-0.1, -0.05) is 44.6 Å². The van der Waals surface area contributed by atoms with Crippen LogP contribution in [-0.4, -0.2) is 4.32 Å². The van der Waals surface area contributed by atoms with E-state index in [9.17, 15) is 0 Å². The summed E-state index contributed by atoms with van der Waals surface area (Å²) in [5.74, 6) is 0. The normalized spacial score (nSPS) is 11.5. The lowest BCUT2D eigenvalue weighted by molar-refractivity contribution is 0.438. The van der Waals surface area contributed by atoms with E-state index >= 15 is 0 Å². The van der Waals surface area contributed by atoms with E-state index in [0.29, 0.717) is 4.32 Å². The van der Waals surface area contributed by atoms with E-state index in [1.165, 1.54) is 0 Å². The van der Waals surface area contributed by atoms with Crippen LogP contribution in [0.2, 0.25) is 0 Å². The highest BCUT2D eigenvalue weighted by molar-refractivity contribution is 7.83. The van der Waals surface area contributed by atoms with Gasteiger partial charge < -0.3 is 0 Å². The van der Waals surface area contributed by atoms with Crippen molar-refractivity contribution in [1.82, 2.24) is 0 Å². The molecule has 0 radical (unpaired) electrons. The lowest BCUT2D eigenvalue weighted by atomic mass is 9.94. The maximum absolute atomic E-state index is 5.49. The van der Waals surface area contributed by atoms with Gasteiger partial charge in [0.25, 0.3) is 0 Å². The van der Waals surface area contributed by atoms with Crippen molar-refractivity contribution < 1.29 is 0 Å². The van der Waals surface area contributed by atoms with Gasteiger partial charge in [-0.3, -0.25) is 0 Å². The molecule has 0 spiro atoms. The SMILES string of the molecule is CC(C)(C)CC(=S)Cl. The highest BCUT2D eigenvalue weighted by atomic mass is 35.5. The van der Waals surface area contributed by atoms with Gasteiger partial charge in [0.15, 0.2) is 0 Å². The molecular weight excluding hydrogens is 140 g/mol. The molecule has 0 atom stereocenters. The van der Waals surface area contributed by atoms with Gasteiger partial charge >= 0.3 is 0 Å². The summed E-state index contributed by atoms with van der Waals surface area (Å²) in [5, 5.41) is 0. The quantitative estimate of drug-likeness (QED) is 0.409. The molecule has 2 heteroatoms.